The van der Waals surface area contributed by atoms with Gasteiger partial charge in [-0.05, 0) is 18.2 Å². The minimum atomic E-state index is -0.415. The molecule has 0 spiro atoms. The number of hydrogen-bond donors (Lipinski definition) is 0. The number of nitrogens with zero attached hydrogens (tertiary/aromatic N) is 1. The largest absolute Gasteiger partial charge is 0.618 e. The maximum Gasteiger partial charge on any atom is 0.274 e. The summed E-state index contributed by atoms with van der Waals surface area (Å²) in [5.41, 5.74) is 0.769. The van der Waals surface area contributed by atoms with Crippen LogP contribution in [0.3, 0.4) is 0 Å². The van der Waals surface area contributed by atoms with Crippen LogP contribution in [-0.2, 0) is 0 Å². The predicted molar refractivity (Wildman–Crippen MR) is 79.6 cm³/mol. The Balaban J connectivity index is 2.25. The number of fused-ring (bicyclic) bond motifs is 1. The number of carbonyl (C=O) groups is 1. The highest BCUT2D eigenvalue weighted by Gasteiger charge is 2.38. The molecule has 20 heavy (non-hydrogen) atoms. The molecule has 0 aliphatic carbocycles. The standard InChI is InChI=1S/C14H6Cl3NO2/c15-9-4-2-1-3-7(9)13-14(19)8-5-10(16)11(17)6-12(8)18(13)20/h1-6H. The Morgan fingerprint density at radius 3 is 2.25 bits per heavy atom. The number of carbonyl (C=O) groups excluding carboxylic acids is 1. The molecular formula is C14H6Cl3NO2. The van der Waals surface area contributed by atoms with Gasteiger partial charge in [0, 0.05) is 6.07 Å². The topological polar surface area (TPSA) is 43.1 Å². The third kappa shape index (κ3) is 1.90. The van der Waals surface area contributed by atoms with Crippen molar-refractivity contribution in [3.8, 4) is 0 Å². The van der Waals surface area contributed by atoms with Crippen molar-refractivity contribution in [1.29, 1.82) is 0 Å². The van der Waals surface area contributed by atoms with E-state index < -0.39 is 5.78 Å². The molecule has 0 atom stereocenters. The molecule has 0 aromatic heterocycles. The van der Waals surface area contributed by atoms with Gasteiger partial charge < -0.3 is 5.21 Å². The summed E-state index contributed by atoms with van der Waals surface area (Å²) in [6.45, 7) is 0. The fourth-order valence-corrected chi connectivity index (χ4v) is 2.66. The lowest BCUT2D eigenvalue weighted by atomic mass is 10.0. The van der Waals surface area contributed by atoms with E-state index in [0.717, 1.165) is 0 Å². The predicted octanol–water partition coefficient (Wildman–Crippen LogP) is 4.47. The van der Waals surface area contributed by atoms with Gasteiger partial charge in [0.25, 0.3) is 11.5 Å². The molecule has 0 saturated carbocycles. The second-order valence-electron chi connectivity index (χ2n) is 4.24. The molecule has 0 amide bonds. The van der Waals surface area contributed by atoms with Crippen molar-refractivity contribution in [3.63, 3.8) is 0 Å². The molecule has 100 valence electrons. The number of Topliss-reactive ketones (excluding diaryl/α,β-unsaturated/α-hetero) is 1. The Morgan fingerprint density at radius 1 is 0.900 bits per heavy atom. The Kier molecular flexibility index (Phi) is 3.21. The van der Waals surface area contributed by atoms with Crippen LogP contribution < -0.4 is 0 Å². The summed E-state index contributed by atoms with van der Waals surface area (Å²) in [5, 5.41) is 13.1. The third-order valence-corrected chi connectivity index (χ3v) is 4.10. The van der Waals surface area contributed by atoms with Crippen LogP contribution in [0.15, 0.2) is 36.4 Å². The van der Waals surface area contributed by atoms with E-state index in [1.54, 1.807) is 24.3 Å². The smallest absolute Gasteiger partial charge is 0.274 e. The average molecular weight is 327 g/mol. The highest BCUT2D eigenvalue weighted by Crippen LogP contribution is 2.36. The van der Waals surface area contributed by atoms with Crippen molar-refractivity contribution in [2.24, 2.45) is 0 Å². The van der Waals surface area contributed by atoms with Crippen LogP contribution in [0.2, 0.25) is 15.1 Å². The van der Waals surface area contributed by atoms with Gasteiger partial charge >= 0.3 is 0 Å². The normalized spacial score (nSPS) is 13.8. The zero-order valence-corrected chi connectivity index (χ0v) is 12.1. The molecule has 6 heteroatoms. The van der Waals surface area contributed by atoms with Crippen LogP contribution in [-0.4, -0.2) is 16.2 Å². The minimum absolute atomic E-state index is 0.0241. The first kappa shape index (κ1) is 13.4. The van der Waals surface area contributed by atoms with E-state index in [2.05, 4.69) is 0 Å². The van der Waals surface area contributed by atoms with Crippen molar-refractivity contribution >= 4 is 52.0 Å². The van der Waals surface area contributed by atoms with E-state index in [1.165, 1.54) is 12.1 Å². The van der Waals surface area contributed by atoms with Gasteiger partial charge in [0.1, 0.15) is 5.56 Å². The molecule has 0 radical (unpaired) electrons. The lowest BCUT2D eigenvalue weighted by Crippen LogP contribution is -2.17. The summed E-state index contributed by atoms with van der Waals surface area (Å²) in [6, 6.07) is 9.45. The monoisotopic (exact) mass is 325 g/mol. The van der Waals surface area contributed by atoms with Gasteiger partial charge in [-0.25, -0.2) is 0 Å². The van der Waals surface area contributed by atoms with E-state index in [1.807, 2.05) is 0 Å². The van der Waals surface area contributed by atoms with Crippen LogP contribution in [0.25, 0.3) is 0 Å². The maximum absolute atomic E-state index is 12.4. The van der Waals surface area contributed by atoms with Crippen molar-refractivity contribution < 1.29 is 9.53 Å². The summed E-state index contributed by atoms with van der Waals surface area (Å²) in [6.07, 6.45) is 0. The molecule has 1 aliphatic heterocycles. The Hall–Kier alpha value is -1.55. The second kappa shape index (κ2) is 4.77. The van der Waals surface area contributed by atoms with Gasteiger partial charge in [-0.1, -0.05) is 46.9 Å². The van der Waals surface area contributed by atoms with E-state index in [4.69, 9.17) is 34.8 Å². The van der Waals surface area contributed by atoms with Crippen molar-refractivity contribution in [1.82, 2.24) is 0 Å². The fourth-order valence-electron chi connectivity index (χ4n) is 2.11. The van der Waals surface area contributed by atoms with E-state index in [0.29, 0.717) is 15.3 Å². The number of halogens is 3. The molecule has 0 fully saturated rings. The summed E-state index contributed by atoms with van der Waals surface area (Å²) in [5.74, 6) is -0.415. The number of benzene rings is 2. The second-order valence-corrected chi connectivity index (χ2v) is 5.46. The highest BCUT2D eigenvalue weighted by molar-refractivity contribution is 6.55. The lowest BCUT2D eigenvalue weighted by molar-refractivity contribution is -0.355. The summed E-state index contributed by atoms with van der Waals surface area (Å²) in [7, 11) is 0. The first-order valence-corrected chi connectivity index (χ1v) is 6.77. The van der Waals surface area contributed by atoms with Crippen LogP contribution >= 0.6 is 34.8 Å². The molecule has 0 saturated heterocycles. The molecule has 3 rings (SSSR count). The molecule has 0 unspecified atom stereocenters. The Morgan fingerprint density at radius 2 is 1.55 bits per heavy atom. The first-order chi connectivity index (χ1) is 9.50. The van der Waals surface area contributed by atoms with Crippen molar-refractivity contribution in [3.05, 3.63) is 67.8 Å². The molecule has 1 heterocycles. The number of hydrogen-bond acceptors (Lipinski definition) is 2. The van der Waals surface area contributed by atoms with E-state index >= 15 is 0 Å². The van der Waals surface area contributed by atoms with E-state index in [9.17, 15) is 10.0 Å². The quantitative estimate of drug-likeness (QED) is 0.573. The van der Waals surface area contributed by atoms with Gasteiger partial charge in [0.05, 0.1) is 20.6 Å². The number of ketones is 1. The third-order valence-electron chi connectivity index (χ3n) is 3.05. The lowest BCUT2D eigenvalue weighted by Gasteiger charge is -2.03. The van der Waals surface area contributed by atoms with Gasteiger partial charge in [0.15, 0.2) is 0 Å². The highest BCUT2D eigenvalue weighted by atomic mass is 35.5. The average Bonchev–Trinajstić information content (AvgIpc) is 2.64. The summed E-state index contributed by atoms with van der Waals surface area (Å²) in [4.78, 5) is 12.4. The molecule has 2 aromatic rings. The zero-order valence-electron chi connectivity index (χ0n) is 9.86. The zero-order chi connectivity index (χ0) is 14.4. The van der Waals surface area contributed by atoms with Crippen molar-refractivity contribution in [2.75, 3.05) is 0 Å². The van der Waals surface area contributed by atoms with Gasteiger partial charge in [-0.15, -0.1) is 0 Å². The molecule has 3 nitrogen and oxygen atoms in total. The fraction of sp³-hybridized carbons (Fsp3) is 0. The van der Waals surface area contributed by atoms with Gasteiger partial charge in [-0.2, -0.15) is 4.74 Å². The maximum atomic E-state index is 12.4. The molecule has 0 bridgehead atoms. The van der Waals surface area contributed by atoms with Crippen LogP contribution in [0.5, 0.6) is 0 Å². The SMILES string of the molecule is O=C1C(c2ccccc2Cl)=[N+]([O-])c2cc(Cl)c(Cl)cc21. The Bertz CT molecular complexity index is 784. The first-order valence-electron chi connectivity index (χ1n) is 5.63. The van der Waals surface area contributed by atoms with Crippen molar-refractivity contribution in [2.45, 2.75) is 0 Å². The van der Waals surface area contributed by atoms with Crippen LogP contribution in [0.1, 0.15) is 15.9 Å². The van der Waals surface area contributed by atoms with Gasteiger partial charge in [0.2, 0.25) is 5.69 Å². The Labute approximate surface area is 129 Å². The van der Waals surface area contributed by atoms with Gasteiger partial charge in [-0.3, -0.25) is 4.79 Å². The minimum Gasteiger partial charge on any atom is -0.618 e. The summed E-state index contributed by atoms with van der Waals surface area (Å²) < 4.78 is 0.543. The molecular weight excluding hydrogens is 321 g/mol. The molecule has 1 aliphatic rings. The van der Waals surface area contributed by atoms with E-state index in [-0.39, 0.29) is 27.0 Å². The number of rotatable bonds is 1. The summed E-state index contributed by atoms with van der Waals surface area (Å²) >= 11 is 17.8. The molecule has 0 N–H and O–H groups in total. The molecule has 2 aromatic carbocycles. The van der Waals surface area contributed by atoms with Crippen LogP contribution in [0, 0.1) is 5.21 Å². The van der Waals surface area contributed by atoms with Crippen LogP contribution in [0.4, 0.5) is 5.69 Å².